The first-order valence-corrected chi connectivity index (χ1v) is 10.3. The highest BCUT2D eigenvalue weighted by Gasteiger charge is 2.29. The lowest BCUT2D eigenvalue weighted by atomic mass is 9.93. The number of aromatic nitrogens is 4. The summed E-state index contributed by atoms with van der Waals surface area (Å²) in [5, 5.41) is 10.4. The molecular formula is C21H19N5O2S. The molecule has 29 heavy (non-hydrogen) atoms. The normalized spacial score (nSPS) is 12.4. The summed E-state index contributed by atoms with van der Waals surface area (Å²) in [4.78, 5) is 21.2. The fraction of sp³-hybridized carbons (Fsp3) is 0.238. The molecule has 8 heteroatoms. The van der Waals surface area contributed by atoms with Gasteiger partial charge in [0.15, 0.2) is 5.76 Å². The van der Waals surface area contributed by atoms with Crippen molar-refractivity contribution in [3.8, 4) is 11.3 Å². The first kappa shape index (κ1) is 17.8. The molecule has 0 radical (unpaired) electrons. The van der Waals surface area contributed by atoms with Crippen LogP contribution in [0.3, 0.4) is 0 Å². The first-order chi connectivity index (χ1) is 14.2. The van der Waals surface area contributed by atoms with Crippen LogP contribution in [0, 0.1) is 6.92 Å². The van der Waals surface area contributed by atoms with E-state index >= 15 is 0 Å². The zero-order chi connectivity index (χ0) is 19.8. The predicted octanol–water partition coefficient (Wildman–Crippen LogP) is 3.38. The van der Waals surface area contributed by atoms with Crippen molar-refractivity contribution in [3.63, 3.8) is 0 Å². The van der Waals surface area contributed by atoms with Crippen LogP contribution in [0.4, 0.5) is 0 Å². The molecule has 4 aromatic rings. The van der Waals surface area contributed by atoms with E-state index in [2.05, 4.69) is 21.5 Å². The highest BCUT2D eigenvalue weighted by molar-refractivity contribution is 7.09. The van der Waals surface area contributed by atoms with Gasteiger partial charge < -0.3 is 9.73 Å². The molecule has 0 fully saturated rings. The Morgan fingerprint density at radius 3 is 3.00 bits per heavy atom. The number of carbonyl (C=O) groups excluding carboxylic acids is 1. The summed E-state index contributed by atoms with van der Waals surface area (Å²) < 4.78 is 7.88. The van der Waals surface area contributed by atoms with Gasteiger partial charge in [-0.25, -0.2) is 4.98 Å². The van der Waals surface area contributed by atoms with Gasteiger partial charge in [-0.1, -0.05) is 6.07 Å². The summed E-state index contributed by atoms with van der Waals surface area (Å²) >= 11 is 1.51. The third-order valence-electron chi connectivity index (χ3n) is 5.06. The van der Waals surface area contributed by atoms with Crippen LogP contribution in [0.2, 0.25) is 0 Å². The molecule has 0 saturated heterocycles. The Balaban J connectivity index is 1.41. The Morgan fingerprint density at radius 1 is 1.28 bits per heavy atom. The Morgan fingerprint density at radius 2 is 2.21 bits per heavy atom. The van der Waals surface area contributed by atoms with Crippen molar-refractivity contribution in [2.75, 3.05) is 0 Å². The first-order valence-electron chi connectivity index (χ1n) is 9.44. The van der Waals surface area contributed by atoms with Gasteiger partial charge in [-0.15, -0.1) is 11.3 Å². The molecule has 146 valence electrons. The average Bonchev–Trinajstić information content (AvgIpc) is 3.45. The van der Waals surface area contributed by atoms with Crippen molar-refractivity contribution in [1.29, 1.82) is 0 Å². The SMILES string of the molecule is Cc1c(C(=O)NCc2nccs2)oc2c1-c1nn(Cc3ccccn3)cc1CC2. The van der Waals surface area contributed by atoms with E-state index in [0.717, 1.165) is 46.1 Å². The maximum Gasteiger partial charge on any atom is 0.287 e. The van der Waals surface area contributed by atoms with E-state index in [1.165, 1.54) is 16.9 Å². The molecule has 0 aliphatic heterocycles. The number of rotatable bonds is 5. The Labute approximate surface area is 171 Å². The summed E-state index contributed by atoms with van der Waals surface area (Å²) in [7, 11) is 0. The van der Waals surface area contributed by atoms with Gasteiger partial charge in [0.05, 0.1) is 24.5 Å². The lowest BCUT2D eigenvalue weighted by Crippen LogP contribution is -2.22. The number of amides is 1. The predicted molar refractivity (Wildman–Crippen MR) is 109 cm³/mol. The number of hydrogen-bond acceptors (Lipinski definition) is 6. The standard InChI is InChI=1S/C21H19N5O2S/c1-13-18-16(28-20(13)21(27)24-10-17-23-8-9-29-17)6-5-14-11-26(25-19(14)18)12-15-4-2-3-7-22-15/h2-4,7-9,11H,5-6,10,12H2,1H3,(H,24,27). The third kappa shape index (κ3) is 3.36. The number of nitrogens with one attached hydrogen (secondary N) is 1. The van der Waals surface area contributed by atoms with Crippen LogP contribution < -0.4 is 5.32 Å². The third-order valence-corrected chi connectivity index (χ3v) is 5.83. The Kier molecular flexibility index (Phi) is 4.48. The van der Waals surface area contributed by atoms with Crippen LogP contribution in [0.25, 0.3) is 11.3 Å². The summed E-state index contributed by atoms with van der Waals surface area (Å²) in [5.41, 5.74) is 4.82. The minimum atomic E-state index is -0.221. The number of fused-ring (bicyclic) bond motifs is 3. The number of hydrogen-bond donors (Lipinski definition) is 1. The molecule has 0 bridgehead atoms. The molecule has 1 aliphatic rings. The minimum absolute atomic E-state index is 0.221. The molecule has 0 atom stereocenters. The van der Waals surface area contributed by atoms with Crippen LogP contribution in [0.15, 0.2) is 46.6 Å². The second-order valence-corrected chi connectivity index (χ2v) is 7.96. The van der Waals surface area contributed by atoms with Gasteiger partial charge in [-0.2, -0.15) is 5.10 Å². The van der Waals surface area contributed by atoms with Crippen molar-refractivity contribution < 1.29 is 9.21 Å². The highest BCUT2D eigenvalue weighted by atomic mass is 32.1. The molecule has 4 aromatic heterocycles. The van der Waals surface area contributed by atoms with E-state index in [-0.39, 0.29) is 5.91 Å². The van der Waals surface area contributed by atoms with E-state index in [4.69, 9.17) is 9.52 Å². The minimum Gasteiger partial charge on any atom is -0.455 e. The summed E-state index contributed by atoms with van der Waals surface area (Å²) in [6, 6.07) is 5.86. The van der Waals surface area contributed by atoms with Crippen molar-refractivity contribution in [3.05, 3.63) is 75.5 Å². The van der Waals surface area contributed by atoms with Crippen LogP contribution in [0.5, 0.6) is 0 Å². The molecular weight excluding hydrogens is 386 g/mol. The number of thiazole rings is 1. The van der Waals surface area contributed by atoms with Gasteiger partial charge >= 0.3 is 0 Å². The molecule has 1 N–H and O–H groups in total. The molecule has 0 aromatic carbocycles. The van der Waals surface area contributed by atoms with E-state index in [0.29, 0.717) is 18.8 Å². The van der Waals surface area contributed by atoms with Crippen molar-refractivity contribution in [2.45, 2.75) is 32.9 Å². The van der Waals surface area contributed by atoms with Gasteiger partial charge in [0.1, 0.15) is 10.8 Å². The van der Waals surface area contributed by atoms with Crippen LogP contribution in [-0.4, -0.2) is 25.7 Å². The second kappa shape index (κ2) is 7.29. The number of pyridine rings is 1. The fourth-order valence-electron chi connectivity index (χ4n) is 3.70. The molecule has 1 aliphatic carbocycles. The molecule has 0 spiro atoms. The number of carbonyl (C=O) groups is 1. The number of furan rings is 1. The summed E-state index contributed by atoms with van der Waals surface area (Å²) in [5.74, 6) is 0.970. The van der Waals surface area contributed by atoms with Crippen LogP contribution >= 0.6 is 11.3 Å². The maximum absolute atomic E-state index is 12.7. The summed E-state index contributed by atoms with van der Waals surface area (Å²) in [6.45, 7) is 2.93. The maximum atomic E-state index is 12.7. The van der Waals surface area contributed by atoms with Crippen molar-refractivity contribution in [2.24, 2.45) is 0 Å². The highest BCUT2D eigenvalue weighted by Crippen LogP contribution is 2.38. The van der Waals surface area contributed by atoms with Gasteiger partial charge in [0.2, 0.25) is 0 Å². The van der Waals surface area contributed by atoms with Crippen LogP contribution in [0.1, 0.15) is 38.1 Å². The molecule has 5 rings (SSSR count). The molecule has 1 amide bonds. The quantitative estimate of drug-likeness (QED) is 0.550. The fourth-order valence-corrected chi connectivity index (χ4v) is 4.25. The summed E-state index contributed by atoms with van der Waals surface area (Å²) in [6.07, 6.45) is 7.19. The van der Waals surface area contributed by atoms with Gasteiger partial charge in [-0.3, -0.25) is 14.5 Å². The lowest BCUT2D eigenvalue weighted by molar-refractivity contribution is 0.0920. The molecule has 0 unspecified atom stereocenters. The number of nitrogens with zero attached hydrogens (tertiary/aromatic N) is 4. The molecule has 7 nitrogen and oxygen atoms in total. The average molecular weight is 405 g/mol. The van der Waals surface area contributed by atoms with Gasteiger partial charge in [0, 0.05) is 41.5 Å². The molecule has 0 saturated carbocycles. The van der Waals surface area contributed by atoms with E-state index in [1.807, 2.05) is 35.2 Å². The zero-order valence-electron chi connectivity index (χ0n) is 15.9. The van der Waals surface area contributed by atoms with Crippen molar-refractivity contribution >= 4 is 17.2 Å². The number of aryl methyl sites for hydroxylation is 2. The lowest BCUT2D eigenvalue weighted by Gasteiger charge is -2.09. The Bertz CT molecular complexity index is 1160. The van der Waals surface area contributed by atoms with Crippen molar-refractivity contribution in [1.82, 2.24) is 25.1 Å². The zero-order valence-corrected chi connectivity index (χ0v) is 16.7. The smallest absolute Gasteiger partial charge is 0.287 e. The second-order valence-electron chi connectivity index (χ2n) is 6.98. The van der Waals surface area contributed by atoms with E-state index in [1.54, 1.807) is 12.4 Å². The topological polar surface area (TPSA) is 85.8 Å². The van der Waals surface area contributed by atoms with Gasteiger partial charge in [-0.05, 0) is 31.0 Å². The Hall–Kier alpha value is -3.26. The van der Waals surface area contributed by atoms with E-state index < -0.39 is 0 Å². The monoisotopic (exact) mass is 405 g/mol. The van der Waals surface area contributed by atoms with E-state index in [9.17, 15) is 4.79 Å². The molecule has 4 heterocycles. The largest absolute Gasteiger partial charge is 0.455 e. The van der Waals surface area contributed by atoms with Crippen LogP contribution in [-0.2, 0) is 25.9 Å². The van der Waals surface area contributed by atoms with Gasteiger partial charge in [0.25, 0.3) is 5.91 Å².